The fourth-order valence-corrected chi connectivity index (χ4v) is 4.19. The van der Waals surface area contributed by atoms with Gasteiger partial charge in [0.1, 0.15) is 11.6 Å². The molecule has 1 aliphatic carbocycles. The molecule has 0 amide bonds. The zero-order valence-electron chi connectivity index (χ0n) is 23.6. The van der Waals surface area contributed by atoms with E-state index in [0.717, 1.165) is 41.0 Å². The first-order valence-electron chi connectivity index (χ1n) is 13.4. The minimum absolute atomic E-state index is 0. The van der Waals surface area contributed by atoms with Crippen molar-refractivity contribution in [1.29, 1.82) is 0 Å². The largest absolute Gasteiger partial charge is 0.435 e. The summed E-state index contributed by atoms with van der Waals surface area (Å²) in [5.74, 6) is 3.32. The first-order chi connectivity index (χ1) is 16.6. The Morgan fingerprint density at radius 1 is 1.00 bits per heavy atom. The van der Waals surface area contributed by atoms with Gasteiger partial charge in [-0.15, -0.1) is 0 Å². The molecule has 0 spiro atoms. The van der Waals surface area contributed by atoms with E-state index in [9.17, 15) is 0 Å². The van der Waals surface area contributed by atoms with Gasteiger partial charge in [-0.2, -0.15) is 0 Å². The van der Waals surface area contributed by atoms with Gasteiger partial charge < -0.3 is 14.9 Å². The Balaban J connectivity index is 0.000000581. The molecule has 1 saturated carbocycles. The summed E-state index contributed by atoms with van der Waals surface area (Å²) >= 11 is 0. The molecule has 1 N–H and O–H groups in total. The molecule has 4 heterocycles. The molecule has 1 aliphatic heterocycles. The van der Waals surface area contributed by atoms with Gasteiger partial charge in [-0.1, -0.05) is 67.4 Å². The smallest absolute Gasteiger partial charge is 0.129 e. The maximum absolute atomic E-state index is 4.66. The second kappa shape index (κ2) is 18.8. The Labute approximate surface area is 239 Å². The fourth-order valence-electron chi connectivity index (χ4n) is 4.19. The van der Waals surface area contributed by atoms with Gasteiger partial charge in [0.15, 0.2) is 0 Å². The normalized spacial score (nSPS) is 17.6. The summed E-state index contributed by atoms with van der Waals surface area (Å²) in [5, 5.41) is 3.25. The molecule has 7 heteroatoms. The average Bonchev–Trinajstić information content (AvgIpc) is 3.28. The van der Waals surface area contributed by atoms with E-state index in [2.05, 4.69) is 44.6 Å². The molecule has 0 atom stereocenters. The number of fused-ring (bicyclic) bond motifs is 2. The molecule has 1 fully saturated rings. The monoisotopic (exact) mass is 556 g/mol. The molecule has 0 bridgehead atoms. The van der Waals surface area contributed by atoms with Gasteiger partial charge in [0.2, 0.25) is 0 Å². The number of aryl methyl sites for hydroxylation is 3. The molecular formula is C28H47N6Y-. The third kappa shape index (κ3) is 9.88. The van der Waals surface area contributed by atoms with Crippen LogP contribution in [-0.2, 0) is 46.2 Å². The Bertz CT molecular complexity index is 923. The molecule has 2 aliphatic rings. The topological polar surface area (TPSA) is 68.5 Å². The van der Waals surface area contributed by atoms with Crippen molar-refractivity contribution in [3.63, 3.8) is 0 Å². The van der Waals surface area contributed by atoms with Crippen molar-refractivity contribution >= 4 is 17.0 Å². The van der Waals surface area contributed by atoms with Gasteiger partial charge in [-0.05, 0) is 68.6 Å². The van der Waals surface area contributed by atoms with Gasteiger partial charge in [0, 0.05) is 63.1 Å². The van der Waals surface area contributed by atoms with Crippen LogP contribution in [0.5, 0.6) is 0 Å². The summed E-state index contributed by atoms with van der Waals surface area (Å²) in [6.07, 6.45) is 12.2. The minimum atomic E-state index is 0. The Hall–Kier alpha value is -1.40. The Morgan fingerprint density at radius 2 is 1.66 bits per heavy atom. The number of nitrogens with one attached hydrogen (secondary N) is 1. The van der Waals surface area contributed by atoms with Gasteiger partial charge in [0.05, 0.1) is 0 Å². The maximum atomic E-state index is 4.66. The molecule has 0 aromatic carbocycles. The zero-order chi connectivity index (χ0) is 25.5. The van der Waals surface area contributed by atoms with Crippen molar-refractivity contribution in [2.45, 2.75) is 99.8 Å². The summed E-state index contributed by atoms with van der Waals surface area (Å²) < 4.78 is 1.86. The van der Waals surface area contributed by atoms with E-state index in [0.29, 0.717) is 5.92 Å². The molecule has 35 heavy (non-hydrogen) atoms. The first kappa shape index (κ1) is 33.6. The molecule has 0 unspecified atom stereocenters. The van der Waals surface area contributed by atoms with Crippen molar-refractivity contribution in [3.05, 3.63) is 41.7 Å². The van der Waals surface area contributed by atoms with Crippen molar-refractivity contribution in [1.82, 2.24) is 24.5 Å². The predicted molar refractivity (Wildman–Crippen MR) is 145 cm³/mol. The van der Waals surface area contributed by atoms with E-state index >= 15 is 0 Å². The van der Waals surface area contributed by atoms with Crippen LogP contribution in [0.25, 0.3) is 11.2 Å². The zero-order valence-corrected chi connectivity index (χ0v) is 26.5. The summed E-state index contributed by atoms with van der Waals surface area (Å²) in [6, 6.07) is 4.13. The standard InChI is InChI=1S/C14H19N4.C8H10N2.3C2H6.Y/c1-9-4-6-11(7-5-9)12-13-14(17-10(2)16-12)18(3)8-15-13;1-3-7-4-2-6-10-8(7)9-5-1;3*1-2;/h9,11H,4-7H2,1-3H3;1,3,5H,2,4,6H2,(H,9,10);3*1-2H3;/q-1;;;;;. The van der Waals surface area contributed by atoms with E-state index in [1.807, 2.05) is 72.3 Å². The summed E-state index contributed by atoms with van der Waals surface area (Å²) in [7, 11) is 1.94. The van der Waals surface area contributed by atoms with Gasteiger partial charge in [-0.25, -0.2) is 4.98 Å². The van der Waals surface area contributed by atoms with E-state index in [-0.39, 0.29) is 32.7 Å². The molecule has 3 aromatic heterocycles. The number of hydrogen-bond donors (Lipinski definition) is 1. The third-order valence-electron chi connectivity index (χ3n) is 5.84. The summed E-state index contributed by atoms with van der Waals surface area (Å²) in [6.45, 7) is 17.4. The van der Waals surface area contributed by atoms with E-state index in [4.69, 9.17) is 0 Å². The van der Waals surface area contributed by atoms with E-state index < -0.39 is 0 Å². The van der Waals surface area contributed by atoms with Crippen LogP contribution in [0, 0.1) is 19.2 Å². The quantitative estimate of drug-likeness (QED) is 0.319. The molecule has 0 saturated heterocycles. The van der Waals surface area contributed by atoms with E-state index in [1.165, 1.54) is 44.1 Å². The predicted octanol–water partition coefficient (Wildman–Crippen LogP) is 7.28. The molecule has 6 nitrogen and oxygen atoms in total. The summed E-state index contributed by atoms with van der Waals surface area (Å²) in [4.78, 5) is 17.7. The van der Waals surface area contributed by atoms with Crippen LogP contribution in [0.3, 0.4) is 0 Å². The van der Waals surface area contributed by atoms with Crippen LogP contribution in [0.1, 0.15) is 104 Å². The van der Waals surface area contributed by atoms with Gasteiger partial charge in [-0.3, -0.25) is 9.97 Å². The number of rotatable bonds is 1. The molecule has 5 rings (SSSR count). The van der Waals surface area contributed by atoms with Crippen LogP contribution in [0.2, 0.25) is 0 Å². The van der Waals surface area contributed by atoms with Crippen LogP contribution < -0.4 is 5.32 Å². The summed E-state index contributed by atoms with van der Waals surface area (Å²) in [5.41, 5.74) is 4.36. The number of anilines is 1. The number of pyridine rings is 1. The number of imidazole rings is 1. The van der Waals surface area contributed by atoms with Crippen LogP contribution >= 0.6 is 0 Å². The van der Waals surface area contributed by atoms with E-state index in [1.54, 1.807) is 0 Å². The van der Waals surface area contributed by atoms with Crippen molar-refractivity contribution in [2.24, 2.45) is 13.0 Å². The fraction of sp³-hybridized carbons (Fsp3) is 0.643. The second-order valence-electron chi connectivity index (χ2n) is 8.10. The Morgan fingerprint density at radius 3 is 2.29 bits per heavy atom. The van der Waals surface area contributed by atoms with Crippen LogP contribution in [-0.4, -0.2) is 31.0 Å². The Kier molecular flexibility index (Phi) is 18.1. The third-order valence-corrected chi connectivity index (χ3v) is 5.84. The molecule has 193 valence electrons. The van der Waals surface area contributed by atoms with Crippen molar-refractivity contribution < 1.29 is 32.7 Å². The molecule has 3 aromatic rings. The van der Waals surface area contributed by atoms with Crippen LogP contribution in [0.4, 0.5) is 5.82 Å². The van der Waals surface area contributed by atoms with Gasteiger partial charge >= 0.3 is 0 Å². The average molecular weight is 557 g/mol. The maximum Gasteiger partial charge on any atom is 0.129 e. The number of nitrogens with zero attached hydrogens (tertiary/aromatic N) is 5. The SMILES string of the molecule is CC.CC.CC.Cc1nc(C2CCC(C)CC2)c2n[c-]n(C)c2n1.[Y].c1cnc2c(c1)CCCN2. The van der Waals surface area contributed by atoms with Crippen molar-refractivity contribution in [2.75, 3.05) is 11.9 Å². The number of aromatic nitrogens is 5. The molecular weight excluding hydrogens is 509 g/mol. The van der Waals surface area contributed by atoms with Crippen LogP contribution in [0.15, 0.2) is 18.3 Å². The number of hydrogen-bond acceptors (Lipinski definition) is 5. The van der Waals surface area contributed by atoms with Crippen molar-refractivity contribution in [3.8, 4) is 0 Å². The minimum Gasteiger partial charge on any atom is -0.435 e. The second-order valence-corrected chi connectivity index (χ2v) is 8.10. The molecule has 1 radical (unpaired) electrons. The first-order valence-corrected chi connectivity index (χ1v) is 13.4. The van der Waals surface area contributed by atoms with Gasteiger partial charge in [0.25, 0.3) is 0 Å².